The quantitative estimate of drug-likeness (QED) is 0.0959. The van der Waals surface area contributed by atoms with Crippen LogP contribution < -0.4 is 0 Å². The summed E-state index contributed by atoms with van der Waals surface area (Å²) in [4.78, 5) is 126. The van der Waals surface area contributed by atoms with Crippen molar-refractivity contribution in [2.45, 2.75) is 97.7 Å². The fraction of sp³-hybridized carbons (Fsp3) is 0.327. The monoisotopic (exact) mass is 1830 g/mol. The molecule has 10 aliphatic heterocycles. The minimum atomic E-state index is -0.321. The Bertz CT molecular complexity index is 6250. The molecule has 10 aliphatic rings. The van der Waals surface area contributed by atoms with E-state index in [4.69, 9.17) is 18.9 Å². The third-order valence-electron chi connectivity index (χ3n) is 27.2. The van der Waals surface area contributed by atoms with E-state index in [9.17, 15) is 57.4 Å². The number of hydrogen-bond donors (Lipinski definition) is 2. The van der Waals surface area contributed by atoms with Crippen LogP contribution >= 0.6 is 0 Å². The zero-order chi connectivity index (χ0) is 94.3. The summed E-state index contributed by atoms with van der Waals surface area (Å²) >= 11 is 0. The predicted octanol–water partition coefficient (Wildman–Crippen LogP) is 10.2. The molecular weight excluding hydrogens is 1720 g/mol. The van der Waals surface area contributed by atoms with Gasteiger partial charge >= 0.3 is 0 Å². The van der Waals surface area contributed by atoms with Gasteiger partial charge in [-0.3, -0.25) is 48.3 Å². The summed E-state index contributed by atoms with van der Waals surface area (Å²) in [5.41, 5.74) is 11.5. The van der Waals surface area contributed by atoms with Gasteiger partial charge in [0.1, 0.15) is 36.1 Å². The summed E-state index contributed by atoms with van der Waals surface area (Å²) in [7, 11) is 3.29. The number of nitrogens with zero attached hydrogens (tertiary/aromatic N) is 10. The minimum Gasteiger partial charge on any atom is -0.394 e. The molecule has 692 valence electrons. The SMILES string of the molecule is COC[C@@H]1[C@H](c2ccc(C#Cc3cccc(F)c3)cc2)[C@H]2CN(C(=O)C3CCOCC3)CC(=O)N12.COC[C@H]1[C@@H](c2ccc(C#Cc3ccccc3)cc2)[C@@H]2CN(C(=O)c3ccccn3)CC(=O)N12.O=C(C1CCOCC1)N1CC(=O)N2[C@H](CO)[C@H](c3ccc(C#Cc4cccc(F)c4)cc3)[C@H]2C1.O=C(c1ccccn1)N1CC(=O)N2[C@@H](CO)[C@@H](c3ccc(C#Cc4ccccc4)cc3)[C@@H]2C1. The second-order valence-electron chi connectivity index (χ2n) is 35.4. The molecule has 12 heterocycles. The normalized spacial score (nSPS) is 22.9. The van der Waals surface area contributed by atoms with E-state index in [2.05, 4.69) is 69.5 Å². The largest absolute Gasteiger partial charge is 0.394 e. The Morgan fingerprint density at radius 1 is 0.346 bits per heavy atom. The maximum atomic E-state index is 13.4. The molecule has 10 aromatic rings. The average Bonchev–Trinajstić information content (AvgIpc) is 0.686. The first-order valence-corrected chi connectivity index (χ1v) is 46.1. The highest BCUT2D eigenvalue weighted by Crippen LogP contribution is 2.48. The molecule has 10 saturated heterocycles. The van der Waals surface area contributed by atoms with Gasteiger partial charge in [0.2, 0.25) is 35.4 Å². The Morgan fingerprint density at radius 2 is 0.618 bits per heavy atom. The molecule has 2 N–H and O–H groups in total. The molecule has 0 radical (unpaired) electrons. The highest BCUT2D eigenvalue weighted by molar-refractivity contribution is 5.97. The molecule has 2 aromatic heterocycles. The minimum absolute atomic E-state index is 0.00312. The Labute approximate surface area is 789 Å². The number of aliphatic hydroxyl groups excluding tert-OH is 2. The lowest BCUT2D eigenvalue weighted by molar-refractivity contribution is -0.169. The molecule has 0 unspecified atom stereocenters. The molecule has 0 saturated carbocycles. The Kier molecular flexibility index (Phi) is 29.8. The van der Waals surface area contributed by atoms with Gasteiger partial charge in [0.15, 0.2) is 0 Å². The summed E-state index contributed by atoms with van der Waals surface area (Å²) in [6, 6.07) is 73.1. The molecule has 12 atom stereocenters. The number of piperazine rings is 4. The van der Waals surface area contributed by atoms with Gasteiger partial charge in [-0.05, 0) is 181 Å². The van der Waals surface area contributed by atoms with Crippen LogP contribution in [0.2, 0.25) is 0 Å². The van der Waals surface area contributed by atoms with Crippen molar-refractivity contribution < 1.29 is 76.3 Å². The van der Waals surface area contributed by atoms with E-state index in [0.717, 1.165) is 55.6 Å². The van der Waals surface area contributed by atoms with Crippen molar-refractivity contribution >= 4 is 47.3 Å². The Morgan fingerprint density at radius 3 is 0.912 bits per heavy atom. The lowest BCUT2D eigenvalue weighted by Crippen LogP contribution is -2.73. The molecule has 0 spiro atoms. The Balaban J connectivity index is 0.000000126. The van der Waals surface area contributed by atoms with Crippen molar-refractivity contribution in [2.75, 3.05) is 119 Å². The lowest BCUT2D eigenvalue weighted by atomic mass is 9.73. The number of pyridine rings is 2. The number of rotatable bonds is 14. The van der Waals surface area contributed by atoms with Gasteiger partial charge in [0.25, 0.3) is 11.8 Å². The first kappa shape index (κ1) is 93.5. The first-order chi connectivity index (χ1) is 66.4. The predicted molar refractivity (Wildman–Crippen MR) is 502 cm³/mol. The van der Waals surface area contributed by atoms with Crippen LogP contribution in [0, 0.1) is 70.8 Å². The molecule has 26 heteroatoms. The van der Waals surface area contributed by atoms with E-state index in [1.165, 1.54) is 24.3 Å². The topological polar surface area (TPSA) is 266 Å². The van der Waals surface area contributed by atoms with Gasteiger partial charge in [-0.2, -0.15) is 0 Å². The molecular formula is C110H104F2N10O14. The van der Waals surface area contributed by atoms with Crippen LogP contribution in [0.3, 0.4) is 0 Å². The van der Waals surface area contributed by atoms with Crippen LogP contribution in [0.4, 0.5) is 8.78 Å². The molecule has 24 nitrogen and oxygen atoms in total. The molecule has 136 heavy (non-hydrogen) atoms. The fourth-order valence-electron chi connectivity index (χ4n) is 20.6. The number of fused-ring (bicyclic) bond motifs is 4. The second-order valence-corrected chi connectivity index (χ2v) is 35.4. The van der Waals surface area contributed by atoms with E-state index in [1.54, 1.807) is 117 Å². The third-order valence-corrected chi connectivity index (χ3v) is 27.2. The molecule has 0 bridgehead atoms. The van der Waals surface area contributed by atoms with Gasteiger partial charge in [-0.1, -0.05) is 157 Å². The van der Waals surface area contributed by atoms with Crippen molar-refractivity contribution in [3.8, 4) is 47.4 Å². The first-order valence-electron chi connectivity index (χ1n) is 46.1. The molecule has 8 amide bonds. The fourth-order valence-corrected chi connectivity index (χ4v) is 20.6. The lowest BCUT2D eigenvalue weighted by Gasteiger charge is -2.59. The van der Waals surface area contributed by atoms with Crippen LogP contribution in [-0.2, 0) is 47.7 Å². The summed E-state index contributed by atoms with van der Waals surface area (Å²) < 4.78 is 48.4. The maximum Gasteiger partial charge on any atom is 0.272 e. The number of halogens is 2. The van der Waals surface area contributed by atoms with Crippen LogP contribution in [0.25, 0.3) is 0 Å². The number of methoxy groups -OCH3 is 2. The van der Waals surface area contributed by atoms with E-state index < -0.39 is 0 Å². The van der Waals surface area contributed by atoms with Crippen LogP contribution in [0.5, 0.6) is 0 Å². The highest BCUT2D eigenvalue weighted by atomic mass is 19.1. The highest BCUT2D eigenvalue weighted by Gasteiger charge is 2.59. The van der Waals surface area contributed by atoms with Gasteiger partial charge in [-0.25, -0.2) is 8.78 Å². The van der Waals surface area contributed by atoms with E-state index >= 15 is 0 Å². The van der Waals surface area contributed by atoms with Gasteiger partial charge in [0.05, 0.1) is 87.9 Å². The van der Waals surface area contributed by atoms with Gasteiger partial charge in [-0.15, -0.1) is 0 Å². The third kappa shape index (κ3) is 20.9. The number of carbonyl (C=O) groups excluding carboxylic acids is 8. The summed E-state index contributed by atoms with van der Waals surface area (Å²) in [5.74, 6) is 23.4. The number of amides is 8. The summed E-state index contributed by atoms with van der Waals surface area (Å²) in [6.07, 6.45) is 5.98. The van der Waals surface area contributed by atoms with Crippen molar-refractivity contribution in [3.05, 3.63) is 345 Å². The van der Waals surface area contributed by atoms with Crippen molar-refractivity contribution in [2.24, 2.45) is 11.8 Å². The van der Waals surface area contributed by atoms with Gasteiger partial charge in [0, 0.05) is 159 Å². The number of ether oxygens (including phenoxy) is 4. The average molecular weight is 1830 g/mol. The standard InChI is InChI=1S/C28H29FN2O4.C28H25N3O3.C27H27FN2O4.C27H23N3O3/c1-34-18-25-27(21-9-7-19(8-10-21)5-6-20-3-2-4-23(29)15-20)24-16-30(17-26(32)31(24)25)28(33)22-11-13-35-14-12-22;1-34-19-25-27(22-14-12-21(13-15-22)11-10-20-7-3-2-4-8-20)24-17-30(18-26(32)31(24)25)28(33)23-9-5-6-16-29-23;28-22-3-1-2-19(14-22)5-4-18-6-8-20(9-7-18)26-23-15-29(16-25(32)30(23)24(26)17-31)27(33)21-10-12-34-13-11-21;31-18-24-26(21-13-11-20(12-14-21)10-9-19-6-2-1-3-7-19)23-16-29(17-25(32)30(23)24)27(33)22-8-4-5-15-28-22/h2-4,7-10,15,22,24-25,27H,11-14,16-18H2,1H3;2-9,12-16,24-25,27H,17-19H2,1H3;1-3,6-9,14,21,23-24,26,31H,10-13,15-17H2;1-8,11-15,23-24,26,31H,16-18H2/t2*24-,25-,27-;2*23-,24-,26-/m1010/s1. The maximum absolute atomic E-state index is 13.4. The summed E-state index contributed by atoms with van der Waals surface area (Å²) in [6.45, 7) is 5.19. The van der Waals surface area contributed by atoms with Crippen LogP contribution in [0.15, 0.2) is 255 Å². The zero-order valence-corrected chi connectivity index (χ0v) is 75.5. The van der Waals surface area contributed by atoms with Gasteiger partial charge < -0.3 is 68.4 Å². The van der Waals surface area contributed by atoms with Crippen molar-refractivity contribution in [3.63, 3.8) is 0 Å². The molecule has 10 fully saturated rings. The van der Waals surface area contributed by atoms with E-state index in [-0.39, 0.29) is 182 Å². The second kappa shape index (κ2) is 43.4. The van der Waals surface area contributed by atoms with E-state index in [1.807, 2.05) is 155 Å². The number of aliphatic hydroxyl groups is 2. The van der Waals surface area contributed by atoms with Crippen LogP contribution in [0.1, 0.15) is 137 Å². The molecule has 0 aliphatic carbocycles. The number of hydrogen-bond acceptors (Lipinski definition) is 16. The number of benzene rings is 8. The zero-order valence-electron chi connectivity index (χ0n) is 75.5. The van der Waals surface area contributed by atoms with E-state index in [0.29, 0.717) is 114 Å². The summed E-state index contributed by atoms with van der Waals surface area (Å²) in [5, 5.41) is 20.0. The van der Waals surface area contributed by atoms with Crippen LogP contribution in [-0.4, -0.2) is 274 Å². The number of carbonyl (C=O) groups is 8. The Hall–Kier alpha value is -14.3. The van der Waals surface area contributed by atoms with Crippen molar-refractivity contribution in [1.29, 1.82) is 0 Å². The number of aromatic nitrogens is 2. The molecule has 20 rings (SSSR count). The smallest absolute Gasteiger partial charge is 0.272 e. The van der Waals surface area contributed by atoms with Crippen molar-refractivity contribution in [1.82, 2.24) is 49.2 Å². The molecule has 8 aromatic carbocycles.